The lowest BCUT2D eigenvalue weighted by Crippen LogP contribution is -2.43. The van der Waals surface area contributed by atoms with Crippen LogP contribution in [0.1, 0.15) is 30.4 Å². The summed E-state index contributed by atoms with van der Waals surface area (Å²) in [5.41, 5.74) is 2.51. The standard InChI is InChI=1S/C24H30N2O2S/c27-23(12-11-20-7-3-1-4-8-20)26-16-13-22(14-17-26)24(28)25-15-18-29-19-21-9-5-2-6-10-21/h1-10,22H,11-19H2,(H,25,28). The highest BCUT2D eigenvalue weighted by Crippen LogP contribution is 2.19. The molecule has 1 fully saturated rings. The number of carbonyl (C=O) groups is 2. The van der Waals surface area contributed by atoms with Crippen LogP contribution in [0.4, 0.5) is 0 Å². The van der Waals surface area contributed by atoms with Gasteiger partial charge in [-0.3, -0.25) is 9.59 Å². The molecule has 0 aromatic heterocycles. The highest BCUT2D eigenvalue weighted by Gasteiger charge is 2.26. The zero-order chi connectivity index (χ0) is 20.3. The number of benzene rings is 2. The Morgan fingerprint density at radius 2 is 1.55 bits per heavy atom. The molecular weight excluding hydrogens is 380 g/mol. The van der Waals surface area contributed by atoms with Crippen molar-refractivity contribution in [3.05, 3.63) is 71.8 Å². The molecule has 3 rings (SSSR count). The van der Waals surface area contributed by atoms with Crippen LogP contribution >= 0.6 is 11.8 Å². The molecule has 0 aliphatic carbocycles. The average molecular weight is 411 g/mol. The van der Waals surface area contributed by atoms with Gasteiger partial charge in [-0.1, -0.05) is 60.7 Å². The van der Waals surface area contributed by atoms with E-state index in [2.05, 4.69) is 41.7 Å². The number of hydrogen-bond acceptors (Lipinski definition) is 3. The van der Waals surface area contributed by atoms with Crippen molar-refractivity contribution in [2.45, 2.75) is 31.4 Å². The van der Waals surface area contributed by atoms with Crippen LogP contribution in [0.15, 0.2) is 60.7 Å². The van der Waals surface area contributed by atoms with Crippen molar-refractivity contribution in [2.24, 2.45) is 5.92 Å². The van der Waals surface area contributed by atoms with Gasteiger partial charge < -0.3 is 10.2 Å². The Bertz CT molecular complexity index is 759. The zero-order valence-electron chi connectivity index (χ0n) is 16.9. The van der Waals surface area contributed by atoms with Gasteiger partial charge in [-0.25, -0.2) is 0 Å². The van der Waals surface area contributed by atoms with Gasteiger partial charge in [0.05, 0.1) is 0 Å². The van der Waals surface area contributed by atoms with E-state index in [-0.39, 0.29) is 17.7 Å². The van der Waals surface area contributed by atoms with E-state index >= 15 is 0 Å². The van der Waals surface area contributed by atoms with Crippen LogP contribution in [0.2, 0.25) is 0 Å². The van der Waals surface area contributed by atoms with Gasteiger partial charge >= 0.3 is 0 Å². The first kappa shape index (κ1) is 21.4. The average Bonchev–Trinajstić information content (AvgIpc) is 2.78. The Kier molecular flexibility index (Phi) is 8.62. The number of rotatable bonds is 9. The summed E-state index contributed by atoms with van der Waals surface area (Å²) in [5, 5.41) is 3.07. The maximum Gasteiger partial charge on any atom is 0.223 e. The lowest BCUT2D eigenvalue weighted by Gasteiger charge is -2.31. The lowest BCUT2D eigenvalue weighted by molar-refractivity contribution is -0.135. The van der Waals surface area contributed by atoms with E-state index in [0.29, 0.717) is 26.1 Å². The van der Waals surface area contributed by atoms with Gasteiger partial charge in [0.25, 0.3) is 0 Å². The second-order valence-electron chi connectivity index (χ2n) is 7.47. The maximum absolute atomic E-state index is 12.4. The van der Waals surface area contributed by atoms with Crippen molar-refractivity contribution in [1.82, 2.24) is 10.2 Å². The predicted molar refractivity (Wildman–Crippen MR) is 120 cm³/mol. The molecule has 0 unspecified atom stereocenters. The van der Waals surface area contributed by atoms with Gasteiger partial charge in [0.15, 0.2) is 0 Å². The Hall–Kier alpha value is -2.27. The molecule has 29 heavy (non-hydrogen) atoms. The summed E-state index contributed by atoms with van der Waals surface area (Å²) in [6.45, 7) is 2.08. The first-order chi connectivity index (χ1) is 14.2. The van der Waals surface area contributed by atoms with E-state index in [0.717, 1.165) is 30.8 Å². The third-order valence-corrected chi connectivity index (χ3v) is 6.38. The van der Waals surface area contributed by atoms with Gasteiger partial charge in [0.1, 0.15) is 0 Å². The van der Waals surface area contributed by atoms with Crippen LogP contribution in [-0.4, -0.2) is 42.1 Å². The Morgan fingerprint density at radius 1 is 0.931 bits per heavy atom. The molecule has 0 radical (unpaired) electrons. The van der Waals surface area contributed by atoms with E-state index in [9.17, 15) is 9.59 Å². The molecule has 4 nitrogen and oxygen atoms in total. The molecule has 2 amide bonds. The number of nitrogens with one attached hydrogen (secondary N) is 1. The summed E-state index contributed by atoms with van der Waals surface area (Å²) >= 11 is 1.84. The molecule has 0 atom stereocenters. The highest BCUT2D eigenvalue weighted by molar-refractivity contribution is 7.98. The van der Waals surface area contributed by atoms with Crippen molar-refractivity contribution in [3.63, 3.8) is 0 Å². The number of nitrogens with zero attached hydrogens (tertiary/aromatic N) is 1. The fourth-order valence-electron chi connectivity index (χ4n) is 3.60. The summed E-state index contributed by atoms with van der Waals surface area (Å²) in [4.78, 5) is 26.7. The number of hydrogen-bond donors (Lipinski definition) is 1. The molecule has 1 aliphatic rings. The minimum Gasteiger partial charge on any atom is -0.355 e. The number of amides is 2. The Balaban J connectivity index is 1.28. The van der Waals surface area contributed by atoms with E-state index in [1.165, 1.54) is 11.1 Å². The molecule has 0 saturated carbocycles. The third-order valence-electron chi connectivity index (χ3n) is 5.35. The van der Waals surface area contributed by atoms with Crippen LogP contribution in [0.3, 0.4) is 0 Å². The van der Waals surface area contributed by atoms with Crippen LogP contribution in [0.25, 0.3) is 0 Å². The van der Waals surface area contributed by atoms with Crippen molar-refractivity contribution >= 4 is 23.6 Å². The fraction of sp³-hybridized carbons (Fsp3) is 0.417. The first-order valence-corrected chi connectivity index (χ1v) is 11.6. The molecule has 1 heterocycles. The van der Waals surface area contributed by atoms with E-state index in [4.69, 9.17) is 0 Å². The van der Waals surface area contributed by atoms with Crippen LogP contribution in [-0.2, 0) is 21.8 Å². The van der Waals surface area contributed by atoms with Gasteiger partial charge in [-0.15, -0.1) is 0 Å². The van der Waals surface area contributed by atoms with Gasteiger partial charge in [0, 0.05) is 43.5 Å². The first-order valence-electron chi connectivity index (χ1n) is 10.4. The van der Waals surface area contributed by atoms with Crippen LogP contribution in [0.5, 0.6) is 0 Å². The van der Waals surface area contributed by atoms with E-state index in [1.54, 1.807) is 0 Å². The minimum atomic E-state index is 0.0345. The monoisotopic (exact) mass is 410 g/mol. The highest BCUT2D eigenvalue weighted by atomic mass is 32.2. The summed E-state index contributed by atoms with van der Waals surface area (Å²) in [6, 6.07) is 20.5. The third kappa shape index (κ3) is 7.24. The Labute approximate surface area is 178 Å². The van der Waals surface area contributed by atoms with Crippen molar-refractivity contribution < 1.29 is 9.59 Å². The summed E-state index contributed by atoms with van der Waals surface area (Å²) in [7, 11) is 0. The maximum atomic E-state index is 12.4. The van der Waals surface area contributed by atoms with Crippen LogP contribution < -0.4 is 5.32 Å². The normalized spacial score (nSPS) is 14.6. The van der Waals surface area contributed by atoms with Crippen LogP contribution in [0, 0.1) is 5.92 Å². The quantitative estimate of drug-likeness (QED) is 0.638. The molecule has 1 aliphatic heterocycles. The smallest absolute Gasteiger partial charge is 0.223 e. The molecular formula is C24H30N2O2S. The van der Waals surface area contributed by atoms with E-state index in [1.807, 2.05) is 40.9 Å². The fourth-order valence-corrected chi connectivity index (χ4v) is 4.42. The van der Waals surface area contributed by atoms with Gasteiger partial charge in [-0.05, 0) is 30.4 Å². The molecule has 1 saturated heterocycles. The van der Waals surface area contributed by atoms with Gasteiger partial charge in [-0.2, -0.15) is 11.8 Å². The second kappa shape index (κ2) is 11.7. The number of carbonyl (C=O) groups excluding carboxylic acids is 2. The van der Waals surface area contributed by atoms with Crippen molar-refractivity contribution in [1.29, 1.82) is 0 Å². The molecule has 0 bridgehead atoms. The van der Waals surface area contributed by atoms with Crippen molar-refractivity contribution in [3.8, 4) is 0 Å². The number of aryl methyl sites for hydroxylation is 1. The molecule has 5 heteroatoms. The lowest BCUT2D eigenvalue weighted by atomic mass is 9.95. The zero-order valence-corrected chi connectivity index (χ0v) is 17.7. The molecule has 0 spiro atoms. The summed E-state index contributed by atoms with van der Waals surface area (Å²) in [6.07, 6.45) is 2.85. The Morgan fingerprint density at radius 3 is 2.21 bits per heavy atom. The molecule has 154 valence electrons. The molecule has 1 N–H and O–H groups in total. The predicted octanol–water partition coefficient (Wildman–Crippen LogP) is 3.91. The summed E-state index contributed by atoms with van der Waals surface area (Å²) in [5.74, 6) is 2.26. The topological polar surface area (TPSA) is 49.4 Å². The van der Waals surface area contributed by atoms with E-state index < -0.39 is 0 Å². The number of piperidine rings is 1. The number of thioether (sulfide) groups is 1. The minimum absolute atomic E-state index is 0.0345. The number of likely N-dealkylation sites (tertiary alicyclic amines) is 1. The largest absolute Gasteiger partial charge is 0.355 e. The summed E-state index contributed by atoms with van der Waals surface area (Å²) < 4.78 is 0. The molecule has 2 aromatic carbocycles. The van der Waals surface area contributed by atoms with Gasteiger partial charge in [0.2, 0.25) is 11.8 Å². The van der Waals surface area contributed by atoms with Crippen molar-refractivity contribution in [2.75, 3.05) is 25.4 Å². The SMILES string of the molecule is O=C(NCCSCc1ccccc1)C1CCN(C(=O)CCc2ccccc2)CC1. The second-order valence-corrected chi connectivity index (χ2v) is 8.58. The molecule has 2 aromatic rings.